The molecule has 0 spiro atoms. The molecule has 0 fully saturated rings. The van der Waals surface area contributed by atoms with Crippen molar-refractivity contribution in [2.45, 2.75) is 19.8 Å². The summed E-state index contributed by atoms with van der Waals surface area (Å²) in [5.74, 6) is 0. The fourth-order valence-corrected chi connectivity index (χ4v) is 1.68. The Morgan fingerprint density at radius 3 is 2.73 bits per heavy atom. The van der Waals surface area contributed by atoms with Gasteiger partial charge in [-0.2, -0.15) is 0 Å². The molecule has 78 valence electrons. The molecule has 1 aromatic carbocycles. The number of furan rings is 1. The van der Waals surface area contributed by atoms with Crippen molar-refractivity contribution in [3.63, 3.8) is 0 Å². The smallest absolute Gasteiger partial charge is 0.465 e. The van der Waals surface area contributed by atoms with E-state index in [1.807, 2.05) is 18.2 Å². The van der Waals surface area contributed by atoms with E-state index in [1.54, 1.807) is 6.07 Å². The second kappa shape index (κ2) is 4.09. The molecular formula is C11H13BO3. The van der Waals surface area contributed by atoms with Gasteiger partial charge in [0.05, 0.1) is 0 Å². The summed E-state index contributed by atoms with van der Waals surface area (Å²) in [5.41, 5.74) is 2.13. The fourth-order valence-electron chi connectivity index (χ4n) is 1.68. The molecule has 2 aromatic rings. The standard InChI is InChI=1S/C11H13BO3/c1-2-3-8-4-5-10-9(6-8)7-11(15-10)12(13)14/h4-7,13-14H,2-3H2,1H3. The molecule has 0 saturated carbocycles. The van der Waals surface area contributed by atoms with E-state index in [9.17, 15) is 0 Å². The lowest BCUT2D eigenvalue weighted by Crippen LogP contribution is -2.27. The number of hydrogen-bond donors (Lipinski definition) is 2. The number of fused-ring (bicyclic) bond motifs is 1. The predicted molar refractivity (Wildman–Crippen MR) is 60.0 cm³/mol. The summed E-state index contributed by atoms with van der Waals surface area (Å²) in [7, 11) is -1.54. The van der Waals surface area contributed by atoms with Gasteiger partial charge in [-0.15, -0.1) is 0 Å². The molecule has 0 aliphatic carbocycles. The van der Waals surface area contributed by atoms with E-state index in [0.717, 1.165) is 18.2 Å². The molecule has 3 nitrogen and oxygen atoms in total. The first-order valence-electron chi connectivity index (χ1n) is 5.09. The van der Waals surface area contributed by atoms with Gasteiger partial charge >= 0.3 is 7.12 Å². The summed E-state index contributed by atoms with van der Waals surface area (Å²) in [5, 5.41) is 18.8. The lowest BCUT2D eigenvalue weighted by molar-refractivity contribution is 0.412. The molecular weight excluding hydrogens is 191 g/mol. The summed E-state index contributed by atoms with van der Waals surface area (Å²) in [4.78, 5) is 0. The van der Waals surface area contributed by atoms with Crippen LogP contribution in [0.25, 0.3) is 11.0 Å². The second-order valence-electron chi connectivity index (χ2n) is 3.64. The van der Waals surface area contributed by atoms with Gasteiger partial charge in [-0.05, 0) is 30.2 Å². The first kappa shape index (κ1) is 10.3. The molecule has 4 heteroatoms. The van der Waals surface area contributed by atoms with Crippen LogP contribution in [-0.2, 0) is 6.42 Å². The average molecular weight is 204 g/mol. The zero-order chi connectivity index (χ0) is 10.8. The van der Waals surface area contributed by atoms with Crippen molar-refractivity contribution in [1.82, 2.24) is 0 Å². The van der Waals surface area contributed by atoms with Crippen molar-refractivity contribution >= 4 is 23.7 Å². The first-order chi connectivity index (χ1) is 7.20. The van der Waals surface area contributed by atoms with E-state index in [2.05, 4.69) is 6.92 Å². The maximum atomic E-state index is 8.96. The zero-order valence-electron chi connectivity index (χ0n) is 8.60. The van der Waals surface area contributed by atoms with E-state index in [0.29, 0.717) is 5.58 Å². The van der Waals surface area contributed by atoms with Crippen LogP contribution in [0, 0.1) is 0 Å². The highest BCUT2D eigenvalue weighted by atomic mass is 16.4. The molecule has 1 aromatic heterocycles. The van der Waals surface area contributed by atoms with Crippen LogP contribution in [0.3, 0.4) is 0 Å². The van der Waals surface area contributed by atoms with Gasteiger partial charge in [-0.25, -0.2) is 0 Å². The summed E-state index contributed by atoms with van der Waals surface area (Å²) < 4.78 is 5.26. The average Bonchev–Trinajstić information content (AvgIpc) is 2.61. The van der Waals surface area contributed by atoms with Crippen LogP contribution < -0.4 is 5.66 Å². The largest absolute Gasteiger partial charge is 0.526 e. The van der Waals surface area contributed by atoms with Crippen molar-refractivity contribution in [1.29, 1.82) is 0 Å². The Morgan fingerprint density at radius 2 is 2.07 bits per heavy atom. The highest BCUT2D eigenvalue weighted by molar-refractivity contribution is 6.57. The van der Waals surface area contributed by atoms with Crippen LogP contribution in [0.2, 0.25) is 0 Å². The molecule has 0 saturated heterocycles. The van der Waals surface area contributed by atoms with Gasteiger partial charge in [0.1, 0.15) is 11.2 Å². The molecule has 1 heterocycles. The Bertz CT molecular complexity index is 462. The quantitative estimate of drug-likeness (QED) is 0.735. The summed E-state index contributed by atoms with van der Waals surface area (Å²) in [6, 6.07) is 7.56. The van der Waals surface area contributed by atoms with E-state index < -0.39 is 7.12 Å². The Kier molecular flexibility index (Phi) is 2.80. The number of hydrogen-bond acceptors (Lipinski definition) is 3. The van der Waals surface area contributed by atoms with Gasteiger partial charge in [-0.3, -0.25) is 0 Å². The molecule has 0 aliphatic heterocycles. The topological polar surface area (TPSA) is 53.6 Å². The molecule has 0 aliphatic rings. The summed E-state index contributed by atoms with van der Waals surface area (Å²) in [6.07, 6.45) is 2.12. The number of benzene rings is 1. The predicted octanol–water partition coefficient (Wildman–Crippen LogP) is 1.07. The molecule has 2 rings (SSSR count). The van der Waals surface area contributed by atoms with E-state index >= 15 is 0 Å². The normalized spacial score (nSPS) is 10.9. The SMILES string of the molecule is CCCc1ccc2oc(B(O)O)cc2c1. The minimum absolute atomic E-state index is 0.193. The molecule has 15 heavy (non-hydrogen) atoms. The molecule has 2 N–H and O–H groups in total. The molecule has 0 radical (unpaired) electrons. The Morgan fingerprint density at radius 1 is 1.27 bits per heavy atom. The van der Waals surface area contributed by atoms with E-state index in [1.165, 1.54) is 5.56 Å². The van der Waals surface area contributed by atoms with Crippen molar-refractivity contribution in [3.8, 4) is 0 Å². The molecule has 0 amide bonds. The van der Waals surface area contributed by atoms with Crippen molar-refractivity contribution in [2.24, 2.45) is 0 Å². The monoisotopic (exact) mass is 204 g/mol. The van der Waals surface area contributed by atoms with E-state index in [4.69, 9.17) is 14.5 Å². The van der Waals surface area contributed by atoms with Gasteiger partial charge in [-0.1, -0.05) is 19.4 Å². The molecule has 0 unspecified atom stereocenters. The molecule has 0 bridgehead atoms. The maximum Gasteiger partial charge on any atom is 0.526 e. The number of aryl methyl sites for hydroxylation is 1. The van der Waals surface area contributed by atoms with Crippen LogP contribution in [0.15, 0.2) is 28.7 Å². The highest BCUT2D eigenvalue weighted by Gasteiger charge is 2.16. The van der Waals surface area contributed by atoms with E-state index in [-0.39, 0.29) is 5.66 Å². The van der Waals surface area contributed by atoms with Crippen LogP contribution in [0.1, 0.15) is 18.9 Å². The van der Waals surface area contributed by atoms with Crippen molar-refractivity contribution < 1.29 is 14.5 Å². The third-order valence-electron chi connectivity index (χ3n) is 2.39. The van der Waals surface area contributed by atoms with Crippen LogP contribution >= 0.6 is 0 Å². The van der Waals surface area contributed by atoms with Gasteiger partial charge in [0, 0.05) is 5.39 Å². The minimum Gasteiger partial charge on any atom is -0.465 e. The minimum atomic E-state index is -1.54. The van der Waals surface area contributed by atoms with Crippen LogP contribution in [-0.4, -0.2) is 17.2 Å². The highest BCUT2D eigenvalue weighted by Crippen LogP contribution is 2.17. The van der Waals surface area contributed by atoms with Crippen molar-refractivity contribution in [3.05, 3.63) is 29.8 Å². The van der Waals surface area contributed by atoms with Crippen molar-refractivity contribution in [2.75, 3.05) is 0 Å². The van der Waals surface area contributed by atoms with Crippen LogP contribution in [0.4, 0.5) is 0 Å². The summed E-state index contributed by atoms with van der Waals surface area (Å²) >= 11 is 0. The maximum absolute atomic E-state index is 8.96. The Balaban J connectivity index is 2.43. The second-order valence-corrected chi connectivity index (χ2v) is 3.64. The van der Waals surface area contributed by atoms with Gasteiger partial charge in [0.15, 0.2) is 0 Å². The third kappa shape index (κ3) is 2.06. The van der Waals surface area contributed by atoms with Gasteiger partial charge in [0.25, 0.3) is 0 Å². The van der Waals surface area contributed by atoms with Gasteiger partial charge in [0.2, 0.25) is 0 Å². The lowest BCUT2D eigenvalue weighted by atomic mass is 9.88. The fraction of sp³-hybridized carbons (Fsp3) is 0.273. The lowest BCUT2D eigenvalue weighted by Gasteiger charge is -1.96. The Labute approximate surface area is 88.5 Å². The number of rotatable bonds is 3. The third-order valence-corrected chi connectivity index (χ3v) is 2.39. The Hall–Kier alpha value is -1.26. The van der Waals surface area contributed by atoms with Crippen LogP contribution in [0.5, 0.6) is 0 Å². The molecule has 0 atom stereocenters. The zero-order valence-corrected chi connectivity index (χ0v) is 8.60. The first-order valence-corrected chi connectivity index (χ1v) is 5.09. The van der Waals surface area contributed by atoms with Gasteiger partial charge < -0.3 is 14.5 Å². The summed E-state index contributed by atoms with van der Waals surface area (Å²) in [6.45, 7) is 2.13.